The molecule has 0 radical (unpaired) electrons. The summed E-state index contributed by atoms with van der Waals surface area (Å²) < 4.78 is 0. The first-order valence-electron chi connectivity index (χ1n) is 7.49. The predicted octanol–water partition coefficient (Wildman–Crippen LogP) is 1.98. The smallest absolute Gasteiger partial charge is 0.317 e. The maximum Gasteiger partial charge on any atom is 0.317 e. The molecular formula is C15H29N3O2. The van der Waals surface area contributed by atoms with Crippen LogP contribution in [-0.4, -0.2) is 43.0 Å². The van der Waals surface area contributed by atoms with Crippen molar-refractivity contribution in [1.29, 1.82) is 0 Å². The lowest BCUT2D eigenvalue weighted by Gasteiger charge is -2.33. The van der Waals surface area contributed by atoms with Crippen LogP contribution in [0.15, 0.2) is 0 Å². The van der Waals surface area contributed by atoms with Crippen molar-refractivity contribution in [2.24, 2.45) is 10.8 Å². The van der Waals surface area contributed by atoms with Gasteiger partial charge in [0.25, 0.3) is 0 Å². The fraction of sp³-hybridized carbons (Fsp3) is 0.867. The lowest BCUT2D eigenvalue weighted by molar-refractivity contribution is -0.131. The Balaban J connectivity index is 2.39. The first kappa shape index (κ1) is 16.8. The van der Waals surface area contributed by atoms with Gasteiger partial charge in [0.1, 0.15) is 0 Å². The molecule has 0 saturated carbocycles. The first-order valence-corrected chi connectivity index (χ1v) is 7.49. The second-order valence-corrected chi connectivity index (χ2v) is 7.05. The van der Waals surface area contributed by atoms with Crippen LogP contribution >= 0.6 is 0 Å². The van der Waals surface area contributed by atoms with Gasteiger partial charge in [0.2, 0.25) is 5.91 Å². The quantitative estimate of drug-likeness (QED) is 0.750. The summed E-state index contributed by atoms with van der Waals surface area (Å²) in [6.07, 6.45) is 1.91. The topological polar surface area (TPSA) is 61.4 Å². The molecule has 1 aliphatic heterocycles. The third kappa shape index (κ3) is 4.69. The number of rotatable bonds is 7. The van der Waals surface area contributed by atoms with E-state index in [0.29, 0.717) is 19.6 Å². The molecule has 1 rings (SSSR count). The Morgan fingerprint density at radius 3 is 2.50 bits per heavy atom. The van der Waals surface area contributed by atoms with Gasteiger partial charge in [-0.3, -0.25) is 4.79 Å². The van der Waals surface area contributed by atoms with Gasteiger partial charge in [0.15, 0.2) is 0 Å². The number of carbonyl (C=O) groups is 2. The normalized spacial score (nSPS) is 16.2. The molecule has 3 amide bonds. The van der Waals surface area contributed by atoms with Crippen molar-refractivity contribution in [3.63, 3.8) is 0 Å². The highest BCUT2D eigenvalue weighted by Gasteiger charge is 2.33. The van der Waals surface area contributed by atoms with Gasteiger partial charge in [-0.15, -0.1) is 0 Å². The summed E-state index contributed by atoms with van der Waals surface area (Å²) >= 11 is 0. The van der Waals surface area contributed by atoms with Crippen molar-refractivity contribution in [1.82, 2.24) is 15.5 Å². The minimum atomic E-state index is -0.382. The summed E-state index contributed by atoms with van der Waals surface area (Å²) in [7, 11) is 0. The van der Waals surface area contributed by atoms with Crippen LogP contribution in [0, 0.1) is 10.8 Å². The average Bonchev–Trinajstić information content (AvgIpc) is 2.74. The van der Waals surface area contributed by atoms with Crippen LogP contribution in [0.25, 0.3) is 0 Å². The van der Waals surface area contributed by atoms with Crippen LogP contribution < -0.4 is 10.6 Å². The van der Waals surface area contributed by atoms with E-state index in [1.807, 2.05) is 13.8 Å². The minimum Gasteiger partial charge on any atom is -0.354 e. The van der Waals surface area contributed by atoms with Crippen molar-refractivity contribution in [3.05, 3.63) is 0 Å². The maximum atomic E-state index is 12.3. The molecule has 1 fully saturated rings. The van der Waals surface area contributed by atoms with Crippen LogP contribution in [-0.2, 0) is 4.79 Å². The number of amides is 3. The van der Waals surface area contributed by atoms with Gasteiger partial charge in [0, 0.05) is 31.6 Å². The Morgan fingerprint density at radius 2 is 2.00 bits per heavy atom. The zero-order valence-corrected chi connectivity index (χ0v) is 13.5. The predicted molar refractivity (Wildman–Crippen MR) is 80.5 cm³/mol. The molecule has 20 heavy (non-hydrogen) atoms. The van der Waals surface area contributed by atoms with Crippen molar-refractivity contribution < 1.29 is 9.59 Å². The first-order chi connectivity index (χ1) is 9.18. The molecule has 0 unspecified atom stereocenters. The fourth-order valence-electron chi connectivity index (χ4n) is 2.67. The number of hydrogen-bond donors (Lipinski definition) is 2. The molecule has 116 valence electrons. The average molecular weight is 283 g/mol. The maximum absolute atomic E-state index is 12.3. The number of urea groups is 1. The highest BCUT2D eigenvalue weighted by molar-refractivity contribution is 5.82. The second kappa shape index (κ2) is 6.46. The number of nitrogens with one attached hydrogen (secondary N) is 2. The number of carbonyl (C=O) groups excluding carboxylic acids is 2. The second-order valence-electron chi connectivity index (χ2n) is 7.05. The van der Waals surface area contributed by atoms with Crippen LogP contribution in [0.3, 0.4) is 0 Å². The van der Waals surface area contributed by atoms with Crippen molar-refractivity contribution in [3.8, 4) is 0 Å². The van der Waals surface area contributed by atoms with E-state index in [-0.39, 0.29) is 22.8 Å². The van der Waals surface area contributed by atoms with E-state index in [1.165, 1.54) is 0 Å². The Morgan fingerprint density at radius 1 is 1.35 bits per heavy atom. The van der Waals surface area contributed by atoms with Crippen molar-refractivity contribution in [2.45, 2.75) is 47.5 Å². The van der Waals surface area contributed by atoms with Crippen molar-refractivity contribution in [2.75, 3.05) is 26.2 Å². The summed E-state index contributed by atoms with van der Waals surface area (Å²) in [4.78, 5) is 25.4. The van der Waals surface area contributed by atoms with Crippen molar-refractivity contribution >= 4 is 11.9 Å². The number of hydrogen-bond acceptors (Lipinski definition) is 2. The molecule has 0 aromatic heterocycles. The zero-order chi connectivity index (χ0) is 15.4. The zero-order valence-electron chi connectivity index (χ0n) is 13.5. The third-order valence-corrected chi connectivity index (χ3v) is 4.10. The van der Waals surface area contributed by atoms with Gasteiger partial charge in [0.05, 0.1) is 0 Å². The standard InChI is InChI=1S/C15H29N3O2/c1-6-14(2,3)11-15(4,5)12(19)16-7-9-18-10-8-17-13(18)20/h6-11H2,1-5H3,(H,16,19)(H,17,20). The minimum absolute atomic E-state index is 0.0365. The summed E-state index contributed by atoms with van der Waals surface area (Å²) in [6, 6.07) is -0.0365. The molecule has 1 aliphatic rings. The van der Waals surface area contributed by atoms with E-state index in [4.69, 9.17) is 0 Å². The molecule has 0 bridgehead atoms. The van der Waals surface area contributed by atoms with Gasteiger partial charge in [-0.05, 0) is 11.8 Å². The fourth-order valence-corrected chi connectivity index (χ4v) is 2.67. The van der Waals surface area contributed by atoms with Gasteiger partial charge >= 0.3 is 6.03 Å². The van der Waals surface area contributed by atoms with Crippen LogP contribution in [0.4, 0.5) is 4.79 Å². The van der Waals surface area contributed by atoms with Gasteiger partial charge in [-0.1, -0.05) is 41.0 Å². The SMILES string of the molecule is CCC(C)(C)CC(C)(C)C(=O)NCCN1CCNC1=O. The Kier molecular flexibility index (Phi) is 5.42. The lowest BCUT2D eigenvalue weighted by atomic mass is 9.73. The van der Waals surface area contributed by atoms with E-state index in [2.05, 4.69) is 31.4 Å². The molecule has 5 heteroatoms. The van der Waals surface area contributed by atoms with E-state index in [1.54, 1.807) is 4.90 Å². The molecule has 0 aromatic rings. The summed E-state index contributed by atoms with van der Waals surface area (Å²) in [5.41, 5.74) is -0.220. The van der Waals surface area contributed by atoms with Gasteiger partial charge < -0.3 is 15.5 Å². The molecule has 0 atom stereocenters. The highest BCUT2D eigenvalue weighted by Crippen LogP contribution is 2.35. The van der Waals surface area contributed by atoms with Crippen LogP contribution in [0.2, 0.25) is 0 Å². The molecule has 1 heterocycles. The van der Waals surface area contributed by atoms with E-state index in [0.717, 1.165) is 19.4 Å². The molecular weight excluding hydrogens is 254 g/mol. The van der Waals surface area contributed by atoms with Crippen LogP contribution in [0.1, 0.15) is 47.5 Å². The van der Waals surface area contributed by atoms with E-state index < -0.39 is 0 Å². The van der Waals surface area contributed by atoms with E-state index in [9.17, 15) is 9.59 Å². The molecule has 1 saturated heterocycles. The monoisotopic (exact) mass is 283 g/mol. The molecule has 0 aliphatic carbocycles. The summed E-state index contributed by atoms with van der Waals surface area (Å²) in [5.74, 6) is 0.0682. The lowest BCUT2D eigenvalue weighted by Crippen LogP contribution is -2.43. The van der Waals surface area contributed by atoms with Gasteiger partial charge in [-0.2, -0.15) is 0 Å². The number of nitrogens with zero attached hydrogens (tertiary/aromatic N) is 1. The van der Waals surface area contributed by atoms with Crippen LogP contribution in [0.5, 0.6) is 0 Å². The van der Waals surface area contributed by atoms with E-state index >= 15 is 0 Å². The van der Waals surface area contributed by atoms with Gasteiger partial charge in [-0.25, -0.2) is 4.79 Å². The third-order valence-electron chi connectivity index (χ3n) is 4.10. The Bertz CT molecular complexity index is 364. The molecule has 5 nitrogen and oxygen atoms in total. The Labute approximate surface area is 122 Å². The molecule has 0 aromatic carbocycles. The summed E-state index contributed by atoms with van der Waals surface area (Å²) in [6.45, 7) is 13.0. The molecule has 0 spiro atoms. The Hall–Kier alpha value is -1.26. The summed E-state index contributed by atoms with van der Waals surface area (Å²) in [5, 5.41) is 5.71. The largest absolute Gasteiger partial charge is 0.354 e. The molecule has 2 N–H and O–H groups in total. The highest BCUT2D eigenvalue weighted by atomic mass is 16.2.